The second-order valence-electron chi connectivity index (χ2n) is 3.76. The van der Waals surface area contributed by atoms with Gasteiger partial charge < -0.3 is 0 Å². The van der Waals surface area contributed by atoms with Crippen molar-refractivity contribution < 1.29 is 0 Å². The van der Waals surface area contributed by atoms with Gasteiger partial charge in [0.15, 0.2) is 5.82 Å². The van der Waals surface area contributed by atoms with E-state index in [1.54, 1.807) is 4.68 Å². The van der Waals surface area contributed by atoms with E-state index in [0.29, 0.717) is 0 Å². The van der Waals surface area contributed by atoms with Crippen molar-refractivity contribution in [2.75, 3.05) is 0 Å². The van der Waals surface area contributed by atoms with Crippen LogP contribution in [0.2, 0.25) is 0 Å². The van der Waals surface area contributed by atoms with Crippen molar-refractivity contribution in [1.82, 2.24) is 14.8 Å². The molecule has 0 fully saturated rings. The third kappa shape index (κ3) is 2.69. The number of aromatic nitrogens is 3. The fourth-order valence-corrected chi connectivity index (χ4v) is 1.82. The zero-order valence-electron chi connectivity index (χ0n) is 9.02. The van der Waals surface area contributed by atoms with Crippen LogP contribution in [-0.2, 0) is 6.42 Å². The topological polar surface area (TPSA) is 30.7 Å². The van der Waals surface area contributed by atoms with Gasteiger partial charge in [-0.15, -0.1) is 0 Å². The Morgan fingerprint density at radius 1 is 1.44 bits per heavy atom. The van der Waals surface area contributed by atoms with Crippen molar-refractivity contribution in [1.29, 1.82) is 0 Å². The van der Waals surface area contributed by atoms with E-state index in [9.17, 15) is 0 Å². The quantitative estimate of drug-likeness (QED) is 0.642. The number of pyridine rings is 1. The summed E-state index contributed by atoms with van der Waals surface area (Å²) in [6.07, 6.45) is 6.51. The number of halogens is 1. The lowest BCUT2D eigenvalue weighted by Gasteiger charge is -2.02. The lowest BCUT2D eigenvalue weighted by Crippen LogP contribution is -1.98. The molecule has 82 valence electrons. The van der Waals surface area contributed by atoms with Crippen molar-refractivity contribution in [3.63, 3.8) is 0 Å². The number of hydrogen-bond donors (Lipinski definition) is 0. The SMILES string of the molecule is C=C(C)Cc1ccc(-n2cc(I)cn2)nc1. The Balaban J connectivity index is 2.22. The van der Waals surface area contributed by atoms with E-state index in [1.165, 1.54) is 5.56 Å². The van der Waals surface area contributed by atoms with E-state index in [-0.39, 0.29) is 0 Å². The highest BCUT2D eigenvalue weighted by atomic mass is 127. The third-order valence-corrected chi connectivity index (χ3v) is 2.66. The first kappa shape index (κ1) is 11.3. The summed E-state index contributed by atoms with van der Waals surface area (Å²) in [6.45, 7) is 5.91. The summed E-state index contributed by atoms with van der Waals surface area (Å²) in [6, 6.07) is 4.03. The first-order valence-electron chi connectivity index (χ1n) is 4.95. The normalized spacial score (nSPS) is 10.4. The second kappa shape index (κ2) is 4.78. The molecule has 2 aromatic rings. The molecule has 0 radical (unpaired) electrons. The maximum absolute atomic E-state index is 4.37. The van der Waals surface area contributed by atoms with Gasteiger partial charge in [-0.05, 0) is 47.6 Å². The van der Waals surface area contributed by atoms with Crippen molar-refractivity contribution in [3.05, 3.63) is 52.0 Å². The van der Waals surface area contributed by atoms with Crippen LogP contribution in [0.25, 0.3) is 5.82 Å². The van der Waals surface area contributed by atoms with Crippen LogP contribution < -0.4 is 0 Å². The monoisotopic (exact) mass is 325 g/mol. The maximum Gasteiger partial charge on any atom is 0.153 e. The van der Waals surface area contributed by atoms with Crippen LogP contribution in [0.3, 0.4) is 0 Å². The maximum atomic E-state index is 4.37. The molecule has 16 heavy (non-hydrogen) atoms. The van der Waals surface area contributed by atoms with Crippen LogP contribution >= 0.6 is 22.6 Å². The Morgan fingerprint density at radius 2 is 2.25 bits per heavy atom. The highest BCUT2D eigenvalue weighted by Gasteiger charge is 2.00. The summed E-state index contributed by atoms with van der Waals surface area (Å²) >= 11 is 2.23. The zero-order chi connectivity index (χ0) is 11.5. The molecule has 0 saturated heterocycles. The molecule has 0 amide bonds. The van der Waals surface area contributed by atoms with E-state index in [1.807, 2.05) is 31.6 Å². The molecule has 0 unspecified atom stereocenters. The van der Waals surface area contributed by atoms with Crippen LogP contribution in [0, 0.1) is 3.57 Å². The summed E-state index contributed by atoms with van der Waals surface area (Å²) in [7, 11) is 0. The van der Waals surface area contributed by atoms with E-state index in [2.05, 4.69) is 45.3 Å². The Kier molecular flexibility index (Phi) is 3.38. The minimum absolute atomic E-state index is 0.841. The molecule has 0 aliphatic rings. The molecular weight excluding hydrogens is 313 g/mol. The molecule has 2 rings (SSSR count). The minimum Gasteiger partial charge on any atom is -0.237 e. The van der Waals surface area contributed by atoms with Crippen LogP contribution in [0.5, 0.6) is 0 Å². The molecule has 0 atom stereocenters. The minimum atomic E-state index is 0.841. The van der Waals surface area contributed by atoms with Gasteiger partial charge in [0, 0.05) is 12.4 Å². The van der Waals surface area contributed by atoms with Gasteiger partial charge in [-0.1, -0.05) is 18.2 Å². The Hall–Kier alpha value is -1.17. The van der Waals surface area contributed by atoms with E-state index in [4.69, 9.17) is 0 Å². The summed E-state index contributed by atoms with van der Waals surface area (Å²) in [5.74, 6) is 0.841. The van der Waals surface area contributed by atoms with Crippen molar-refractivity contribution in [2.24, 2.45) is 0 Å². The number of nitrogens with zero attached hydrogens (tertiary/aromatic N) is 3. The molecule has 0 aromatic carbocycles. The Morgan fingerprint density at radius 3 is 2.75 bits per heavy atom. The Labute approximate surface area is 108 Å². The number of rotatable bonds is 3. The van der Waals surface area contributed by atoms with Crippen molar-refractivity contribution in [3.8, 4) is 5.82 Å². The van der Waals surface area contributed by atoms with Crippen LogP contribution in [-0.4, -0.2) is 14.8 Å². The first-order chi connectivity index (χ1) is 7.65. The predicted octanol–water partition coefficient (Wildman–Crippen LogP) is 2.99. The van der Waals surface area contributed by atoms with E-state index < -0.39 is 0 Å². The molecule has 0 aliphatic heterocycles. The molecule has 0 saturated carbocycles. The number of allylic oxidation sites excluding steroid dienone is 1. The van der Waals surface area contributed by atoms with E-state index >= 15 is 0 Å². The molecule has 2 heterocycles. The van der Waals surface area contributed by atoms with Crippen molar-refractivity contribution in [2.45, 2.75) is 13.3 Å². The lowest BCUT2D eigenvalue weighted by molar-refractivity contribution is 0.843. The molecule has 0 N–H and O–H groups in total. The first-order valence-corrected chi connectivity index (χ1v) is 6.03. The molecule has 0 aliphatic carbocycles. The molecule has 4 heteroatoms. The molecule has 0 spiro atoms. The largest absolute Gasteiger partial charge is 0.237 e. The standard InChI is InChI=1S/C12H12IN3/c1-9(2)5-10-3-4-12(14-6-10)16-8-11(13)7-15-16/h3-4,6-8H,1,5H2,2H3. The van der Waals surface area contributed by atoms with Crippen LogP contribution in [0.1, 0.15) is 12.5 Å². The van der Waals surface area contributed by atoms with Gasteiger partial charge in [0.05, 0.1) is 9.77 Å². The fraction of sp³-hybridized carbons (Fsp3) is 0.167. The van der Waals surface area contributed by atoms with Crippen molar-refractivity contribution >= 4 is 22.6 Å². The van der Waals surface area contributed by atoms with E-state index in [0.717, 1.165) is 21.4 Å². The predicted molar refractivity (Wildman–Crippen MR) is 72.6 cm³/mol. The van der Waals surface area contributed by atoms with Gasteiger partial charge in [-0.25, -0.2) is 9.67 Å². The highest BCUT2D eigenvalue weighted by molar-refractivity contribution is 14.1. The highest BCUT2D eigenvalue weighted by Crippen LogP contribution is 2.10. The van der Waals surface area contributed by atoms with Gasteiger partial charge in [-0.2, -0.15) is 5.10 Å². The average molecular weight is 325 g/mol. The average Bonchev–Trinajstić information content (AvgIpc) is 2.65. The summed E-state index contributed by atoms with van der Waals surface area (Å²) in [5, 5.41) is 4.21. The zero-order valence-corrected chi connectivity index (χ0v) is 11.2. The summed E-state index contributed by atoms with van der Waals surface area (Å²) < 4.78 is 2.87. The summed E-state index contributed by atoms with van der Waals surface area (Å²) in [4.78, 5) is 4.37. The third-order valence-electron chi connectivity index (χ3n) is 2.10. The summed E-state index contributed by atoms with van der Waals surface area (Å²) in [5.41, 5.74) is 2.32. The smallest absolute Gasteiger partial charge is 0.153 e. The molecular formula is C12H12IN3. The molecule has 3 nitrogen and oxygen atoms in total. The van der Waals surface area contributed by atoms with Gasteiger partial charge in [0.2, 0.25) is 0 Å². The molecule has 0 bridgehead atoms. The fourth-order valence-electron chi connectivity index (χ4n) is 1.43. The Bertz CT molecular complexity index is 499. The van der Waals surface area contributed by atoms with Crippen LogP contribution in [0.4, 0.5) is 0 Å². The van der Waals surface area contributed by atoms with Gasteiger partial charge >= 0.3 is 0 Å². The van der Waals surface area contributed by atoms with Crippen LogP contribution in [0.15, 0.2) is 42.9 Å². The second-order valence-corrected chi connectivity index (χ2v) is 5.01. The van der Waals surface area contributed by atoms with Gasteiger partial charge in [-0.3, -0.25) is 0 Å². The molecule has 2 aromatic heterocycles. The number of hydrogen-bond acceptors (Lipinski definition) is 2. The van der Waals surface area contributed by atoms with Gasteiger partial charge in [0.25, 0.3) is 0 Å². The van der Waals surface area contributed by atoms with Gasteiger partial charge in [0.1, 0.15) is 0 Å². The lowest BCUT2D eigenvalue weighted by atomic mass is 10.1.